The molecule has 1 heterocycles. The van der Waals surface area contributed by atoms with E-state index in [1.807, 2.05) is 7.05 Å². The third-order valence-electron chi connectivity index (χ3n) is 3.68. The summed E-state index contributed by atoms with van der Waals surface area (Å²) in [5.74, 6) is -1.12. The predicted molar refractivity (Wildman–Crippen MR) is 73.1 cm³/mol. The minimum Gasteiger partial charge on any atom is -0.480 e. The molecule has 2 amide bonds. The van der Waals surface area contributed by atoms with Gasteiger partial charge >= 0.3 is 12.0 Å². The number of likely N-dealkylation sites (tertiary alicyclic amines) is 1. The van der Waals surface area contributed by atoms with Crippen LogP contribution in [-0.2, 0) is 4.79 Å². The summed E-state index contributed by atoms with van der Waals surface area (Å²) >= 11 is 0. The summed E-state index contributed by atoms with van der Waals surface area (Å²) in [6, 6.07) is -0.988. The topological polar surface area (TPSA) is 72.9 Å². The zero-order valence-corrected chi connectivity index (χ0v) is 12.2. The van der Waals surface area contributed by atoms with E-state index < -0.39 is 12.0 Å². The van der Waals surface area contributed by atoms with E-state index in [0.29, 0.717) is 0 Å². The van der Waals surface area contributed by atoms with Gasteiger partial charge in [-0.3, -0.25) is 0 Å². The van der Waals surface area contributed by atoms with Gasteiger partial charge < -0.3 is 20.2 Å². The Labute approximate surface area is 114 Å². The lowest BCUT2D eigenvalue weighted by Crippen LogP contribution is -2.54. The lowest BCUT2D eigenvalue weighted by Gasteiger charge is -2.36. The molecule has 19 heavy (non-hydrogen) atoms. The van der Waals surface area contributed by atoms with Crippen LogP contribution in [0.15, 0.2) is 0 Å². The number of likely N-dealkylation sites (N-methyl/N-ethyl adjacent to an activating group) is 2. The summed E-state index contributed by atoms with van der Waals surface area (Å²) < 4.78 is 0. The number of nitrogens with one attached hydrogen (secondary N) is 1. The molecule has 0 aliphatic carbocycles. The first kappa shape index (κ1) is 15.8. The molecule has 1 aliphatic heterocycles. The van der Waals surface area contributed by atoms with Crippen molar-refractivity contribution in [2.24, 2.45) is 5.92 Å². The van der Waals surface area contributed by atoms with Crippen LogP contribution in [0.1, 0.15) is 26.7 Å². The molecule has 2 atom stereocenters. The second-order valence-corrected chi connectivity index (χ2v) is 5.68. The summed E-state index contributed by atoms with van der Waals surface area (Å²) in [6.07, 6.45) is 2.03. The molecule has 0 aromatic carbocycles. The number of aliphatic carboxylic acids is 1. The molecule has 0 spiro atoms. The van der Waals surface area contributed by atoms with Gasteiger partial charge in [0.25, 0.3) is 0 Å². The minimum absolute atomic E-state index is 0.135. The smallest absolute Gasteiger partial charge is 0.326 e. The van der Waals surface area contributed by atoms with Crippen molar-refractivity contribution in [3.8, 4) is 0 Å². The number of hydrogen-bond acceptors (Lipinski definition) is 3. The van der Waals surface area contributed by atoms with Crippen LogP contribution >= 0.6 is 0 Å². The Morgan fingerprint density at radius 1 is 1.42 bits per heavy atom. The molecule has 1 aliphatic rings. The van der Waals surface area contributed by atoms with Gasteiger partial charge in [-0.05, 0) is 32.4 Å². The first-order chi connectivity index (χ1) is 8.82. The number of rotatable bonds is 4. The van der Waals surface area contributed by atoms with Gasteiger partial charge in [0, 0.05) is 19.6 Å². The second-order valence-electron chi connectivity index (χ2n) is 5.68. The van der Waals surface area contributed by atoms with Crippen LogP contribution in [0.2, 0.25) is 0 Å². The summed E-state index contributed by atoms with van der Waals surface area (Å²) in [6.45, 7) is 5.46. The maximum Gasteiger partial charge on any atom is 0.326 e. The van der Waals surface area contributed by atoms with E-state index in [0.717, 1.165) is 25.9 Å². The summed E-state index contributed by atoms with van der Waals surface area (Å²) in [7, 11) is 3.77. The Morgan fingerprint density at radius 3 is 2.53 bits per heavy atom. The predicted octanol–water partition coefficient (Wildman–Crippen LogP) is 0.831. The van der Waals surface area contributed by atoms with E-state index in [9.17, 15) is 9.59 Å². The molecular weight excluding hydrogens is 246 g/mol. The normalized spacial score (nSPS) is 22.1. The number of hydrogen-bond donors (Lipinski definition) is 2. The summed E-state index contributed by atoms with van der Waals surface area (Å²) in [5, 5.41) is 11.7. The van der Waals surface area contributed by atoms with Crippen molar-refractivity contribution < 1.29 is 14.7 Å². The molecule has 1 rings (SSSR count). The van der Waals surface area contributed by atoms with Crippen LogP contribution < -0.4 is 5.32 Å². The fourth-order valence-corrected chi connectivity index (χ4v) is 2.37. The van der Waals surface area contributed by atoms with Crippen LogP contribution in [0.5, 0.6) is 0 Å². The van der Waals surface area contributed by atoms with Gasteiger partial charge in [-0.1, -0.05) is 13.8 Å². The van der Waals surface area contributed by atoms with Crippen molar-refractivity contribution in [1.82, 2.24) is 15.1 Å². The average Bonchev–Trinajstić information content (AvgIpc) is 2.33. The molecule has 1 unspecified atom stereocenters. The van der Waals surface area contributed by atoms with Crippen LogP contribution in [0, 0.1) is 5.92 Å². The van der Waals surface area contributed by atoms with Crippen molar-refractivity contribution in [1.29, 1.82) is 0 Å². The van der Waals surface area contributed by atoms with Gasteiger partial charge in [-0.25, -0.2) is 9.59 Å². The Kier molecular flexibility index (Phi) is 5.60. The monoisotopic (exact) mass is 271 g/mol. The molecule has 0 bridgehead atoms. The third kappa shape index (κ3) is 4.38. The quantitative estimate of drug-likeness (QED) is 0.794. The van der Waals surface area contributed by atoms with Gasteiger partial charge in [-0.2, -0.15) is 0 Å². The van der Waals surface area contributed by atoms with E-state index in [2.05, 4.69) is 10.2 Å². The summed E-state index contributed by atoms with van der Waals surface area (Å²) in [5.41, 5.74) is 0. The first-order valence-corrected chi connectivity index (χ1v) is 6.77. The second kappa shape index (κ2) is 6.75. The standard InChI is InChI=1S/C13H25N3O3/c1-9(2)11(12(17)18)14-13(19)16(4)10-6-5-7-15(3)8-10/h9-11H,5-8H2,1-4H3,(H,14,19)(H,17,18)/t10?,11-/m1/s1. The first-order valence-electron chi connectivity index (χ1n) is 6.77. The van der Waals surface area contributed by atoms with Crippen LogP contribution in [0.3, 0.4) is 0 Å². The van der Waals surface area contributed by atoms with Crippen LogP contribution in [-0.4, -0.2) is 66.2 Å². The van der Waals surface area contributed by atoms with Crippen molar-refractivity contribution in [2.45, 2.75) is 38.8 Å². The Hall–Kier alpha value is -1.30. The highest BCUT2D eigenvalue weighted by Crippen LogP contribution is 2.14. The average molecular weight is 271 g/mol. The minimum atomic E-state index is -0.988. The summed E-state index contributed by atoms with van der Waals surface area (Å²) in [4.78, 5) is 27.0. The van der Waals surface area contributed by atoms with Crippen molar-refractivity contribution in [3.63, 3.8) is 0 Å². The largest absolute Gasteiger partial charge is 0.480 e. The number of piperidine rings is 1. The molecule has 1 fully saturated rings. The molecule has 0 aromatic rings. The molecule has 0 radical (unpaired) electrons. The molecule has 2 N–H and O–H groups in total. The van der Waals surface area contributed by atoms with Gasteiger partial charge in [0.2, 0.25) is 0 Å². The number of carboxylic acid groups (broad SMARTS) is 1. The zero-order valence-electron chi connectivity index (χ0n) is 12.2. The van der Waals surface area contributed by atoms with Crippen molar-refractivity contribution in [2.75, 3.05) is 27.2 Å². The number of carboxylic acids is 1. The van der Waals surface area contributed by atoms with E-state index in [1.54, 1.807) is 25.8 Å². The van der Waals surface area contributed by atoms with Crippen molar-refractivity contribution in [3.05, 3.63) is 0 Å². The van der Waals surface area contributed by atoms with Crippen LogP contribution in [0.4, 0.5) is 4.79 Å². The van der Waals surface area contributed by atoms with Gasteiger partial charge in [0.05, 0.1) is 0 Å². The van der Waals surface area contributed by atoms with E-state index in [4.69, 9.17) is 5.11 Å². The highest BCUT2D eigenvalue weighted by atomic mass is 16.4. The highest BCUT2D eigenvalue weighted by molar-refractivity contribution is 5.82. The lowest BCUT2D eigenvalue weighted by molar-refractivity contribution is -0.140. The molecule has 0 saturated carbocycles. The fraction of sp³-hybridized carbons (Fsp3) is 0.846. The van der Waals surface area contributed by atoms with Crippen LogP contribution in [0.25, 0.3) is 0 Å². The van der Waals surface area contributed by atoms with Gasteiger partial charge in [0.1, 0.15) is 6.04 Å². The maximum absolute atomic E-state index is 12.1. The maximum atomic E-state index is 12.1. The van der Waals surface area contributed by atoms with E-state index in [1.165, 1.54) is 0 Å². The molecule has 1 saturated heterocycles. The molecule has 110 valence electrons. The number of carbonyl (C=O) groups excluding carboxylic acids is 1. The SMILES string of the molecule is CC(C)[C@@H](NC(=O)N(C)C1CCCN(C)C1)C(=O)O. The Bertz CT molecular complexity index is 333. The highest BCUT2D eigenvalue weighted by Gasteiger charge is 2.29. The Balaban J connectivity index is 2.58. The van der Waals surface area contributed by atoms with E-state index >= 15 is 0 Å². The zero-order chi connectivity index (χ0) is 14.6. The van der Waals surface area contributed by atoms with E-state index in [-0.39, 0.29) is 18.0 Å². The van der Waals surface area contributed by atoms with Gasteiger partial charge in [-0.15, -0.1) is 0 Å². The number of nitrogens with zero attached hydrogens (tertiary/aromatic N) is 2. The van der Waals surface area contributed by atoms with Gasteiger partial charge in [0.15, 0.2) is 0 Å². The molecular formula is C13H25N3O3. The third-order valence-corrected chi connectivity index (χ3v) is 3.68. The number of amides is 2. The lowest BCUT2D eigenvalue weighted by atomic mass is 10.0. The molecule has 6 nitrogen and oxygen atoms in total. The Morgan fingerprint density at radius 2 is 2.05 bits per heavy atom. The number of urea groups is 1. The fourth-order valence-electron chi connectivity index (χ4n) is 2.37. The molecule has 0 aromatic heterocycles. The number of carbonyl (C=O) groups is 2. The van der Waals surface area contributed by atoms with Crippen molar-refractivity contribution >= 4 is 12.0 Å². The molecule has 6 heteroatoms.